The van der Waals surface area contributed by atoms with Crippen LogP contribution in [-0.2, 0) is 0 Å². The van der Waals surface area contributed by atoms with Gasteiger partial charge in [0.25, 0.3) is 0 Å². The molecule has 18 heavy (non-hydrogen) atoms. The van der Waals surface area contributed by atoms with Crippen LogP contribution in [0.2, 0.25) is 0 Å². The summed E-state index contributed by atoms with van der Waals surface area (Å²) in [5.41, 5.74) is 0.791. The minimum Gasteiger partial charge on any atom is -0.394 e. The molecule has 0 fully saturated rings. The van der Waals surface area contributed by atoms with Crippen molar-refractivity contribution in [3.05, 3.63) is 18.6 Å². The highest BCUT2D eigenvalue weighted by molar-refractivity contribution is 5.66. The number of fused-ring (bicyclic) bond motifs is 1. The van der Waals surface area contributed by atoms with E-state index in [0.29, 0.717) is 0 Å². The number of hydrogen-bond acceptors (Lipinski definition) is 5. The van der Waals surface area contributed by atoms with Crippen LogP contribution in [0.5, 0.6) is 0 Å². The highest BCUT2D eigenvalue weighted by atomic mass is 16.3. The number of likely N-dealkylation sites (N-methyl/N-ethyl adjacent to an activating group) is 1. The lowest BCUT2D eigenvalue weighted by Crippen LogP contribution is -2.33. The van der Waals surface area contributed by atoms with Crippen LogP contribution in [0.4, 0.5) is 11.6 Å². The molecule has 0 bridgehead atoms. The van der Waals surface area contributed by atoms with Crippen molar-refractivity contribution in [2.24, 2.45) is 0 Å². The molecule has 0 amide bonds. The average molecular weight is 249 g/mol. The van der Waals surface area contributed by atoms with Crippen molar-refractivity contribution in [3.8, 4) is 0 Å². The van der Waals surface area contributed by atoms with Gasteiger partial charge in [-0.1, -0.05) is 0 Å². The van der Waals surface area contributed by atoms with E-state index in [1.807, 2.05) is 42.6 Å². The first kappa shape index (κ1) is 12.6. The SMILES string of the molecule is CCNc1cn2ccnc2c(N(C)C(C)CO)n1. The summed E-state index contributed by atoms with van der Waals surface area (Å²) < 4.78 is 1.93. The molecule has 2 rings (SSSR count). The Morgan fingerprint density at radius 3 is 3.00 bits per heavy atom. The summed E-state index contributed by atoms with van der Waals surface area (Å²) in [5, 5.41) is 12.4. The second kappa shape index (κ2) is 5.22. The number of hydrogen-bond donors (Lipinski definition) is 2. The number of aromatic nitrogens is 3. The quantitative estimate of drug-likeness (QED) is 0.827. The Morgan fingerprint density at radius 2 is 2.33 bits per heavy atom. The van der Waals surface area contributed by atoms with Gasteiger partial charge in [-0.3, -0.25) is 0 Å². The van der Waals surface area contributed by atoms with Gasteiger partial charge in [-0.25, -0.2) is 9.97 Å². The topological polar surface area (TPSA) is 65.7 Å². The molecule has 1 atom stereocenters. The van der Waals surface area contributed by atoms with Crippen molar-refractivity contribution in [1.82, 2.24) is 14.4 Å². The monoisotopic (exact) mass is 249 g/mol. The van der Waals surface area contributed by atoms with E-state index in [2.05, 4.69) is 15.3 Å². The van der Waals surface area contributed by atoms with Crippen molar-refractivity contribution in [1.29, 1.82) is 0 Å². The van der Waals surface area contributed by atoms with Gasteiger partial charge in [-0.15, -0.1) is 0 Å². The fourth-order valence-electron chi connectivity index (χ4n) is 1.75. The van der Waals surface area contributed by atoms with Crippen LogP contribution >= 0.6 is 0 Å². The van der Waals surface area contributed by atoms with Gasteiger partial charge in [0.05, 0.1) is 18.8 Å². The van der Waals surface area contributed by atoms with Crippen LogP contribution in [0.3, 0.4) is 0 Å². The molecular formula is C12H19N5O. The van der Waals surface area contributed by atoms with Gasteiger partial charge >= 0.3 is 0 Å². The zero-order valence-electron chi connectivity index (χ0n) is 11.0. The maximum atomic E-state index is 9.25. The molecule has 1 unspecified atom stereocenters. The summed E-state index contributed by atoms with van der Waals surface area (Å²) in [4.78, 5) is 10.8. The lowest BCUT2D eigenvalue weighted by atomic mass is 10.3. The molecule has 0 saturated carbocycles. The second-order valence-corrected chi connectivity index (χ2v) is 4.28. The normalized spacial score (nSPS) is 12.7. The van der Waals surface area contributed by atoms with Crippen LogP contribution in [0.1, 0.15) is 13.8 Å². The van der Waals surface area contributed by atoms with E-state index in [9.17, 15) is 5.11 Å². The summed E-state index contributed by atoms with van der Waals surface area (Å²) in [7, 11) is 1.91. The molecule has 2 aromatic rings. The zero-order valence-corrected chi connectivity index (χ0v) is 11.0. The van der Waals surface area contributed by atoms with Crippen molar-refractivity contribution in [2.75, 3.05) is 30.4 Å². The summed E-state index contributed by atoms with van der Waals surface area (Å²) >= 11 is 0. The Hall–Kier alpha value is -1.82. The third kappa shape index (κ3) is 2.24. The van der Waals surface area contributed by atoms with Crippen molar-refractivity contribution >= 4 is 17.3 Å². The predicted molar refractivity (Wildman–Crippen MR) is 72.1 cm³/mol. The molecule has 0 aliphatic heterocycles. The lowest BCUT2D eigenvalue weighted by molar-refractivity contribution is 0.270. The molecule has 6 heteroatoms. The number of anilines is 2. The summed E-state index contributed by atoms with van der Waals surface area (Å²) in [6.07, 6.45) is 5.54. The standard InChI is InChI=1S/C12H19N5O/c1-4-13-10-7-17-6-5-14-11(17)12(15-10)16(3)9(2)8-18/h5-7,9,13,18H,4,8H2,1-3H3. The lowest BCUT2D eigenvalue weighted by Gasteiger charge is -2.25. The van der Waals surface area contributed by atoms with Gasteiger partial charge < -0.3 is 19.7 Å². The highest BCUT2D eigenvalue weighted by Crippen LogP contribution is 2.21. The molecule has 6 nitrogen and oxygen atoms in total. The molecule has 2 N–H and O–H groups in total. The molecular weight excluding hydrogens is 230 g/mol. The Balaban J connectivity index is 2.49. The van der Waals surface area contributed by atoms with E-state index < -0.39 is 0 Å². The number of nitrogens with one attached hydrogen (secondary N) is 1. The van der Waals surface area contributed by atoms with Crippen molar-refractivity contribution in [2.45, 2.75) is 19.9 Å². The first-order chi connectivity index (χ1) is 8.67. The van der Waals surface area contributed by atoms with Crippen LogP contribution in [0.25, 0.3) is 5.65 Å². The molecule has 0 saturated heterocycles. The van der Waals surface area contributed by atoms with Gasteiger partial charge in [0.1, 0.15) is 5.82 Å². The van der Waals surface area contributed by atoms with Crippen molar-refractivity contribution in [3.63, 3.8) is 0 Å². The minimum atomic E-state index is -0.00474. The maximum Gasteiger partial charge on any atom is 0.180 e. The first-order valence-corrected chi connectivity index (χ1v) is 6.08. The highest BCUT2D eigenvalue weighted by Gasteiger charge is 2.15. The third-order valence-corrected chi connectivity index (χ3v) is 2.97. The van der Waals surface area contributed by atoms with Crippen molar-refractivity contribution < 1.29 is 5.11 Å². The third-order valence-electron chi connectivity index (χ3n) is 2.97. The summed E-state index contributed by atoms with van der Waals surface area (Å²) in [6, 6.07) is -0.00474. The first-order valence-electron chi connectivity index (χ1n) is 6.08. The molecule has 0 aliphatic rings. The smallest absolute Gasteiger partial charge is 0.180 e. The number of aliphatic hydroxyl groups excluding tert-OH is 1. The molecule has 0 spiro atoms. The van der Waals surface area contributed by atoms with E-state index in [0.717, 1.165) is 23.8 Å². The zero-order chi connectivity index (χ0) is 13.1. The fraction of sp³-hybridized carbons (Fsp3) is 0.500. The number of nitrogens with zero attached hydrogens (tertiary/aromatic N) is 4. The number of aliphatic hydroxyl groups is 1. The Bertz CT molecular complexity index is 524. The minimum absolute atomic E-state index is 0.00474. The van der Waals surface area contributed by atoms with Crippen LogP contribution in [-0.4, -0.2) is 45.7 Å². The van der Waals surface area contributed by atoms with Crippen LogP contribution in [0.15, 0.2) is 18.6 Å². The average Bonchev–Trinajstić information content (AvgIpc) is 2.84. The predicted octanol–water partition coefficient (Wildman–Crippen LogP) is 0.978. The van der Waals surface area contributed by atoms with Crippen LogP contribution in [0, 0.1) is 0 Å². The van der Waals surface area contributed by atoms with Gasteiger partial charge in [0.15, 0.2) is 11.5 Å². The Morgan fingerprint density at radius 1 is 1.56 bits per heavy atom. The molecule has 0 aromatic carbocycles. The van der Waals surface area contributed by atoms with E-state index in [-0.39, 0.29) is 12.6 Å². The maximum absolute atomic E-state index is 9.25. The summed E-state index contributed by atoms with van der Waals surface area (Å²) in [6.45, 7) is 4.86. The number of rotatable bonds is 5. The van der Waals surface area contributed by atoms with Gasteiger partial charge in [0, 0.05) is 26.0 Å². The Kier molecular flexibility index (Phi) is 3.66. The largest absolute Gasteiger partial charge is 0.394 e. The summed E-state index contributed by atoms with van der Waals surface area (Å²) in [5.74, 6) is 1.56. The molecule has 0 aliphatic carbocycles. The van der Waals surface area contributed by atoms with Crippen LogP contribution < -0.4 is 10.2 Å². The molecule has 2 heterocycles. The Labute approximate surface area is 106 Å². The van der Waals surface area contributed by atoms with Gasteiger partial charge in [-0.05, 0) is 13.8 Å². The molecule has 98 valence electrons. The van der Waals surface area contributed by atoms with E-state index in [4.69, 9.17) is 0 Å². The fourth-order valence-corrected chi connectivity index (χ4v) is 1.75. The molecule has 0 radical (unpaired) electrons. The number of imidazole rings is 1. The van der Waals surface area contributed by atoms with E-state index in [1.165, 1.54) is 0 Å². The van der Waals surface area contributed by atoms with E-state index >= 15 is 0 Å². The molecule has 2 aromatic heterocycles. The second-order valence-electron chi connectivity index (χ2n) is 4.28. The van der Waals surface area contributed by atoms with E-state index in [1.54, 1.807) is 6.20 Å². The van der Waals surface area contributed by atoms with Gasteiger partial charge in [-0.2, -0.15) is 0 Å². The van der Waals surface area contributed by atoms with Gasteiger partial charge in [0.2, 0.25) is 0 Å².